The lowest BCUT2D eigenvalue weighted by Crippen LogP contribution is -2.41. The zero-order valence-corrected chi connectivity index (χ0v) is 18.3. The molecule has 2 aromatic rings. The van der Waals surface area contributed by atoms with E-state index in [1.54, 1.807) is 17.0 Å². The molecule has 10 heteroatoms. The van der Waals surface area contributed by atoms with Crippen molar-refractivity contribution in [2.75, 3.05) is 26.2 Å². The molecule has 1 heterocycles. The van der Waals surface area contributed by atoms with Crippen LogP contribution >= 0.6 is 0 Å². The van der Waals surface area contributed by atoms with Crippen molar-refractivity contribution < 1.29 is 37.0 Å². The number of carbonyl (C=O) groups excluding carboxylic acids is 3. The number of nitrogens with zero attached hydrogens (tertiary/aromatic N) is 1. The molecule has 0 atom stereocenters. The van der Waals surface area contributed by atoms with Crippen molar-refractivity contribution in [3.05, 3.63) is 65.5 Å². The van der Waals surface area contributed by atoms with Crippen molar-refractivity contribution in [1.82, 2.24) is 10.2 Å². The van der Waals surface area contributed by atoms with Gasteiger partial charge in [-0.15, -0.1) is 0 Å². The number of benzene rings is 2. The van der Waals surface area contributed by atoms with Crippen molar-refractivity contribution in [1.29, 1.82) is 0 Å². The number of piperidine rings is 1. The quantitative estimate of drug-likeness (QED) is 0.560. The van der Waals surface area contributed by atoms with Gasteiger partial charge in [0.15, 0.2) is 6.61 Å². The van der Waals surface area contributed by atoms with E-state index >= 15 is 0 Å². The molecule has 1 fully saturated rings. The van der Waals surface area contributed by atoms with Gasteiger partial charge in [-0.25, -0.2) is 4.39 Å². The standard InChI is InChI=1S/C24H25F3N2O5/c25-19-5-3-17(4-6-19)22(31)29-13-10-18(11-14-29)23(32)33-15-21(30)28-12-9-16-1-7-20(8-2-16)34-24(26)27/h1-8,18,24H,9-15H2,(H,28,30). The fraction of sp³-hybridized carbons (Fsp3) is 0.375. The van der Waals surface area contributed by atoms with E-state index in [0.29, 0.717) is 37.9 Å². The highest BCUT2D eigenvalue weighted by Crippen LogP contribution is 2.20. The lowest BCUT2D eigenvalue weighted by Gasteiger charge is -2.31. The molecule has 0 unspecified atom stereocenters. The highest BCUT2D eigenvalue weighted by atomic mass is 19.3. The Hall–Kier alpha value is -3.56. The van der Waals surface area contributed by atoms with Gasteiger partial charge >= 0.3 is 12.6 Å². The normalized spacial score (nSPS) is 14.1. The second-order valence-corrected chi connectivity index (χ2v) is 7.80. The van der Waals surface area contributed by atoms with Gasteiger partial charge in [0.1, 0.15) is 11.6 Å². The first-order valence-corrected chi connectivity index (χ1v) is 10.8. The molecule has 1 N–H and O–H groups in total. The topological polar surface area (TPSA) is 84.9 Å². The maximum absolute atomic E-state index is 13.0. The van der Waals surface area contributed by atoms with Gasteiger partial charge in [-0.3, -0.25) is 14.4 Å². The third-order valence-electron chi connectivity index (χ3n) is 5.44. The zero-order chi connectivity index (χ0) is 24.5. The first-order valence-electron chi connectivity index (χ1n) is 10.8. The van der Waals surface area contributed by atoms with Gasteiger partial charge in [0.2, 0.25) is 0 Å². The smallest absolute Gasteiger partial charge is 0.387 e. The molecular weight excluding hydrogens is 453 g/mol. The molecule has 1 aliphatic rings. The molecule has 2 amide bonds. The number of alkyl halides is 2. The van der Waals surface area contributed by atoms with Crippen LogP contribution in [0.4, 0.5) is 13.2 Å². The molecule has 0 bridgehead atoms. The van der Waals surface area contributed by atoms with Crippen molar-refractivity contribution in [3.8, 4) is 5.75 Å². The summed E-state index contributed by atoms with van der Waals surface area (Å²) in [6, 6.07) is 11.4. The first-order chi connectivity index (χ1) is 16.3. The van der Waals surface area contributed by atoms with E-state index < -0.39 is 36.8 Å². The molecule has 0 radical (unpaired) electrons. The van der Waals surface area contributed by atoms with E-state index in [2.05, 4.69) is 10.1 Å². The lowest BCUT2D eigenvalue weighted by molar-refractivity contribution is -0.153. The van der Waals surface area contributed by atoms with Crippen LogP contribution in [0, 0.1) is 11.7 Å². The third-order valence-corrected chi connectivity index (χ3v) is 5.44. The monoisotopic (exact) mass is 478 g/mol. The summed E-state index contributed by atoms with van der Waals surface area (Å²) in [6.07, 6.45) is 1.30. The first kappa shape index (κ1) is 25.1. The maximum atomic E-state index is 13.0. The molecule has 0 aromatic heterocycles. The van der Waals surface area contributed by atoms with Crippen molar-refractivity contribution in [3.63, 3.8) is 0 Å². The van der Waals surface area contributed by atoms with Gasteiger partial charge in [-0.2, -0.15) is 8.78 Å². The third kappa shape index (κ3) is 7.50. The number of carbonyl (C=O) groups is 3. The second kappa shape index (κ2) is 12.1. The summed E-state index contributed by atoms with van der Waals surface area (Å²) in [5.74, 6) is -1.92. The van der Waals surface area contributed by atoms with E-state index in [0.717, 1.165) is 5.56 Å². The molecule has 0 spiro atoms. The van der Waals surface area contributed by atoms with Gasteiger partial charge in [0.25, 0.3) is 11.8 Å². The second-order valence-electron chi connectivity index (χ2n) is 7.80. The Morgan fingerprint density at radius 1 is 1.00 bits per heavy atom. The minimum atomic E-state index is -2.88. The van der Waals surface area contributed by atoms with Crippen LogP contribution in [0.1, 0.15) is 28.8 Å². The van der Waals surface area contributed by atoms with E-state index in [9.17, 15) is 27.6 Å². The molecule has 1 saturated heterocycles. The molecule has 34 heavy (non-hydrogen) atoms. The summed E-state index contributed by atoms with van der Waals surface area (Å²) in [6.45, 7) is -2.28. The molecule has 7 nitrogen and oxygen atoms in total. The molecule has 182 valence electrons. The summed E-state index contributed by atoms with van der Waals surface area (Å²) >= 11 is 0. The molecule has 2 aromatic carbocycles. The van der Waals surface area contributed by atoms with Crippen LogP contribution in [0.3, 0.4) is 0 Å². The zero-order valence-electron chi connectivity index (χ0n) is 18.3. The Labute approximate surface area is 194 Å². The van der Waals surface area contributed by atoms with E-state index in [4.69, 9.17) is 4.74 Å². The fourth-order valence-electron chi connectivity index (χ4n) is 3.58. The number of rotatable bonds is 9. The number of nitrogens with one attached hydrogen (secondary N) is 1. The molecule has 1 aliphatic heterocycles. The number of esters is 1. The number of hydrogen-bond donors (Lipinski definition) is 1. The summed E-state index contributed by atoms with van der Waals surface area (Å²) in [5, 5.41) is 2.63. The van der Waals surface area contributed by atoms with E-state index in [1.165, 1.54) is 36.4 Å². The largest absolute Gasteiger partial charge is 0.455 e. The fourth-order valence-corrected chi connectivity index (χ4v) is 3.58. The van der Waals surface area contributed by atoms with Crippen LogP contribution in [0.5, 0.6) is 5.75 Å². The van der Waals surface area contributed by atoms with Crippen LogP contribution in [-0.2, 0) is 20.7 Å². The van der Waals surface area contributed by atoms with Crippen LogP contribution in [0.25, 0.3) is 0 Å². The Bertz CT molecular complexity index is 975. The van der Waals surface area contributed by atoms with Gasteiger partial charge in [-0.1, -0.05) is 12.1 Å². The average molecular weight is 478 g/mol. The average Bonchev–Trinajstić information content (AvgIpc) is 2.83. The Balaban J connectivity index is 1.32. The summed E-state index contributed by atoms with van der Waals surface area (Å²) in [5.41, 5.74) is 1.21. The number of halogens is 3. The van der Waals surface area contributed by atoms with Crippen LogP contribution in [0.2, 0.25) is 0 Å². The number of ether oxygens (including phenoxy) is 2. The Kier molecular flexibility index (Phi) is 8.89. The summed E-state index contributed by atoms with van der Waals surface area (Å²) in [7, 11) is 0. The van der Waals surface area contributed by atoms with Crippen molar-refractivity contribution in [2.45, 2.75) is 25.9 Å². The van der Waals surface area contributed by atoms with Gasteiger partial charge in [-0.05, 0) is 61.2 Å². The van der Waals surface area contributed by atoms with Crippen LogP contribution in [-0.4, -0.2) is 55.5 Å². The Morgan fingerprint density at radius 3 is 2.26 bits per heavy atom. The van der Waals surface area contributed by atoms with Crippen LogP contribution < -0.4 is 10.1 Å². The minimum absolute atomic E-state index is 0.0559. The summed E-state index contributed by atoms with van der Waals surface area (Å²) in [4.78, 5) is 38.3. The number of likely N-dealkylation sites (tertiary alicyclic amines) is 1. The van der Waals surface area contributed by atoms with E-state index in [1.807, 2.05) is 0 Å². The highest BCUT2D eigenvalue weighted by Gasteiger charge is 2.29. The highest BCUT2D eigenvalue weighted by molar-refractivity contribution is 5.94. The maximum Gasteiger partial charge on any atom is 0.387 e. The van der Waals surface area contributed by atoms with Crippen LogP contribution in [0.15, 0.2) is 48.5 Å². The predicted octanol–water partition coefficient (Wildman–Crippen LogP) is 3.18. The molecular formula is C24H25F3N2O5. The number of amides is 2. The Morgan fingerprint density at radius 2 is 1.65 bits per heavy atom. The van der Waals surface area contributed by atoms with Gasteiger partial charge in [0.05, 0.1) is 5.92 Å². The SMILES string of the molecule is O=C(COC(=O)C1CCN(C(=O)c2ccc(F)cc2)CC1)NCCc1ccc(OC(F)F)cc1. The predicted molar refractivity (Wildman–Crippen MR) is 116 cm³/mol. The van der Waals surface area contributed by atoms with E-state index in [-0.39, 0.29) is 18.2 Å². The molecule has 3 rings (SSSR count). The number of hydrogen-bond acceptors (Lipinski definition) is 5. The van der Waals surface area contributed by atoms with Gasteiger partial charge < -0.3 is 19.7 Å². The van der Waals surface area contributed by atoms with Crippen molar-refractivity contribution in [2.24, 2.45) is 5.92 Å². The minimum Gasteiger partial charge on any atom is -0.455 e. The van der Waals surface area contributed by atoms with Crippen molar-refractivity contribution >= 4 is 17.8 Å². The molecule has 0 saturated carbocycles. The summed E-state index contributed by atoms with van der Waals surface area (Å²) < 4.78 is 46.7. The lowest BCUT2D eigenvalue weighted by atomic mass is 9.96. The molecule has 0 aliphatic carbocycles. The van der Waals surface area contributed by atoms with Gasteiger partial charge in [0, 0.05) is 25.2 Å².